The Morgan fingerprint density at radius 1 is 0.957 bits per heavy atom. The van der Waals surface area contributed by atoms with Crippen LogP contribution < -0.4 is 0 Å². The van der Waals surface area contributed by atoms with Crippen molar-refractivity contribution in [1.82, 2.24) is 0 Å². The van der Waals surface area contributed by atoms with E-state index in [-0.39, 0.29) is 0 Å². The van der Waals surface area contributed by atoms with Crippen LogP contribution in [0.25, 0.3) is 15.8 Å². The predicted molar refractivity (Wildman–Crippen MR) is 94.7 cm³/mol. The van der Waals surface area contributed by atoms with Gasteiger partial charge in [-0.2, -0.15) is 0 Å². The van der Waals surface area contributed by atoms with Crippen LogP contribution in [0.5, 0.6) is 0 Å². The number of esters is 1. The molecule has 1 aliphatic heterocycles. The topological polar surface area (TPSA) is 38.7 Å². The van der Waals surface area contributed by atoms with Crippen molar-refractivity contribution in [3.63, 3.8) is 0 Å². The zero-order valence-corrected chi connectivity index (χ0v) is 13.6. The molecule has 0 saturated carbocycles. The molecule has 0 fully saturated rings. The molecule has 0 saturated heterocycles. The monoisotopic (exact) mass is 337 g/mol. The Labute approximate surface area is 141 Å². The third kappa shape index (κ3) is 2.88. The summed E-state index contributed by atoms with van der Waals surface area (Å²) in [4.78, 5) is 19.7. The van der Waals surface area contributed by atoms with Crippen LogP contribution in [0.15, 0.2) is 70.7 Å². The average Bonchev–Trinajstić information content (AvgIpc) is 3.30. The average molecular weight is 337 g/mol. The number of aliphatic imine (C=N–C) groups is 1. The van der Waals surface area contributed by atoms with Crippen molar-refractivity contribution in [2.75, 3.05) is 0 Å². The summed E-state index contributed by atoms with van der Waals surface area (Å²) in [5, 5.41) is 2.05. The second-order valence-corrected chi connectivity index (χ2v) is 6.94. The number of benzene rings is 1. The van der Waals surface area contributed by atoms with E-state index in [1.54, 1.807) is 28.7 Å². The van der Waals surface area contributed by atoms with E-state index in [4.69, 9.17) is 4.74 Å². The molecular weight excluding hydrogens is 326 g/mol. The molecule has 3 aromatic rings. The second-order valence-electron chi connectivity index (χ2n) is 4.88. The van der Waals surface area contributed by atoms with Gasteiger partial charge in [0.2, 0.25) is 5.90 Å². The van der Waals surface area contributed by atoms with Crippen LogP contribution in [0.3, 0.4) is 0 Å². The maximum atomic E-state index is 12.0. The molecule has 0 radical (unpaired) electrons. The number of rotatable bonds is 3. The zero-order valence-electron chi connectivity index (χ0n) is 11.9. The molecule has 2 aromatic heterocycles. The molecule has 1 aliphatic rings. The molecule has 0 unspecified atom stereocenters. The van der Waals surface area contributed by atoms with Crippen molar-refractivity contribution in [1.29, 1.82) is 0 Å². The minimum absolute atomic E-state index is 0.337. The van der Waals surface area contributed by atoms with E-state index >= 15 is 0 Å². The first-order valence-electron chi connectivity index (χ1n) is 7.01. The van der Waals surface area contributed by atoms with Crippen molar-refractivity contribution >= 4 is 40.6 Å². The summed E-state index contributed by atoms with van der Waals surface area (Å²) < 4.78 is 5.26. The fraction of sp³-hybridized carbons (Fsp3) is 0. The highest BCUT2D eigenvalue weighted by Gasteiger charge is 2.24. The Hall–Kier alpha value is -2.50. The van der Waals surface area contributed by atoms with Crippen molar-refractivity contribution in [3.8, 4) is 9.75 Å². The van der Waals surface area contributed by atoms with Crippen LogP contribution in [-0.2, 0) is 9.53 Å². The van der Waals surface area contributed by atoms with E-state index in [1.807, 2.05) is 42.5 Å². The highest BCUT2D eigenvalue weighted by atomic mass is 32.1. The van der Waals surface area contributed by atoms with Crippen LogP contribution in [0.1, 0.15) is 10.4 Å². The van der Waals surface area contributed by atoms with Crippen LogP contribution in [-0.4, -0.2) is 11.9 Å². The first-order chi connectivity index (χ1) is 11.3. The number of carbonyl (C=O) groups excluding carboxylic acids is 1. The van der Waals surface area contributed by atoms with E-state index in [0.29, 0.717) is 11.6 Å². The molecule has 0 amide bonds. The fourth-order valence-corrected chi connectivity index (χ4v) is 4.01. The summed E-state index contributed by atoms with van der Waals surface area (Å²) in [6, 6.07) is 17.6. The molecule has 3 nitrogen and oxygen atoms in total. The van der Waals surface area contributed by atoms with Gasteiger partial charge >= 0.3 is 5.97 Å². The number of carbonyl (C=O) groups is 1. The molecule has 1 aromatic carbocycles. The highest BCUT2D eigenvalue weighted by Crippen LogP contribution is 2.33. The second kappa shape index (κ2) is 5.95. The Kier molecular flexibility index (Phi) is 3.65. The lowest BCUT2D eigenvalue weighted by Crippen LogP contribution is -2.04. The smallest absolute Gasteiger partial charge is 0.363 e. The normalized spacial score (nSPS) is 15.7. The predicted octanol–water partition coefficient (Wildman–Crippen LogP) is 4.82. The minimum atomic E-state index is -0.407. The van der Waals surface area contributed by atoms with Crippen LogP contribution in [0, 0.1) is 0 Å². The first-order valence-corrected chi connectivity index (χ1v) is 8.71. The molecule has 112 valence electrons. The van der Waals surface area contributed by atoms with Gasteiger partial charge in [-0.05, 0) is 41.8 Å². The summed E-state index contributed by atoms with van der Waals surface area (Å²) in [6.45, 7) is 0. The number of thiophene rings is 2. The molecule has 0 atom stereocenters. The summed E-state index contributed by atoms with van der Waals surface area (Å²) in [6.07, 6.45) is 1.78. The third-order valence-corrected chi connectivity index (χ3v) is 5.41. The number of ether oxygens (including phenoxy) is 1. The quantitative estimate of drug-likeness (QED) is 0.507. The molecule has 5 heteroatoms. The van der Waals surface area contributed by atoms with Crippen molar-refractivity contribution in [2.24, 2.45) is 4.99 Å². The van der Waals surface area contributed by atoms with E-state index in [2.05, 4.69) is 22.5 Å². The summed E-state index contributed by atoms with van der Waals surface area (Å²) in [5.41, 5.74) is 1.14. The van der Waals surface area contributed by atoms with Gasteiger partial charge in [0.05, 0.1) is 0 Å². The number of nitrogens with zero attached hydrogens (tertiary/aromatic N) is 1. The number of cyclic esters (lactones) is 1. The molecule has 0 bridgehead atoms. The Morgan fingerprint density at radius 2 is 1.83 bits per heavy atom. The van der Waals surface area contributed by atoms with Crippen LogP contribution in [0.4, 0.5) is 0 Å². The molecule has 0 aliphatic carbocycles. The SMILES string of the molecule is O=C1OC(c2ccccc2)=NC1=Cc1ccc(-c2cccs2)s1. The van der Waals surface area contributed by atoms with Gasteiger partial charge in [0.25, 0.3) is 0 Å². The molecule has 0 spiro atoms. The molecule has 23 heavy (non-hydrogen) atoms. The van der Waals surface area contributed by atoms with Crippen molar-refractivity contribution in [2.45, 2.75) is 0 Å². The van der Waals surface area contributed by atoms with Gasteiger partial charge in [0.15, 0.2) is 5.70 Å². The Bertz CT molecular complexity index is 906. The number of hydrogen-bond donors (Lipinski definition) is 0. The Balaban J connectivity index is 1.64. The van der Waals surface area contributed by atoms with Crippen molar-refractivity contribution < 1.29 is 9.53 Å². The first kappa shape index (κ1) is 14.1. The molecule has 3 heterocycles. The maximum absolute atomic E-state index is 12.0. The summed E-state index contributed by atoms with van der Waals surface area (Å²) >= 11 is 3.33. The van der Waals surface area contributed by atoms with Gasteiger partial charge < -0.3 is 4.74 Å². The molecule has 4 rings (SSSR count). The van der Waals surface area contributed by atoms with E-state index in [1.165, 1.54) is 9.75 Å². The van der Waals surface area contributed by atoms with Gasteiger partial charge in [0.1, 0.15) is 0 Å². The van der Waals surface area contributed by atoms with Crippen LogP contribution in [0.2, 0.25) is 0 Å². The lowest BCUT2D eigenvalue weighted by Gasteiger charge is -1.97. The third-order valence-electron chi connectivity index (χ3n) is 3.31. The standard InChI is InChI=1S/C18H11NO2S2/c20-18-14(19-17(21-18)12-5-2-1-3-6-12)11-13-8-9-16(23-13)15-7-4-10-22-15/h1-11H. The minimum Gasteiger partial charge on any atom is -0.402 e. The van der Waals surface area contributed by atoms with Gasteiger partial charge in [-0.15, -0.1) is 22.7 Å². The van der Waals surface area contributed by atoms with E-state index in [0.717, 1.165) is 10.4 Å². The van der Waals surface area contributed by atoms with Gasteiger partial charge in [-0.25, -0.2) is 9.79 Å². The van der Waals surface area contributed by atoms with Gasteiger partial charge in [-0.1, -0.05) is 24.3 Å². The lowest BCUT2D eigenvalue weighted by atomic mass is 10.2. The van der Waals surface area contributed by atoms with Crippen LogP contribution >= 0.6 is 22.7 Å². The molecule has 0 N–H and O–H groups in total. The summed E-state index contributed by atoms with van der Waals surface area (Å²) in [7, 11) is 0. The lowest BCUT2D eigenvalue weighted by molar-refractivity contribution is -0.129. The van der Waals surface area contributed by atoms with Gasteiger partial charge in [0, 0.05) is 20.2 Å². The highest BCUT2D eigenvalue weighted by molar-refractivity contribution is 7.21. The maximum Gasteiger partial charge on any atom is 0.363 e. The Morgan fingerprint density at radius 3 is 2.61 bits per heavy atom. The van der Waals surface area contributed by atoms with E-state index < -0.39 is 5.97 Å². The van der Waals surface area contributed by atoms with E-state index in [9.17, 15) is 4.79 Å². The fourth-order valence-electron chi connectivity index (χ4n) is 2.23. The zero-order chi connectivity index (χ0) is 15.6. The molecular formula is C18H11NO2S2. The largest absolute Gasteiger partial charge is 0.402 e. The van der Waals surface area contributed by atoms with Gasteiger partial charge in [-0.3, -0.25) is 0 Å². The summed E-state index contributed by atoms with van der Waals surface area (Å²) in [5.74, 6) is -0.0492. The number of hydrogen-bond acceptors (Lipinski definition) is 5. The van der Waals surface area contributed by atoms with Crippen molar-refractivity contribution in [3.05, 3.63) is 76.1 Å².